The van der Waals surface area contributed by atoms with E-state index in [1.165, 1.54) is 11.4 Å². The Labute approximate surface area is 198 Å². The molecule has 0 heterocycles. The number of hydrogen-bond acceptors (Lipinski definition) is 4. The molecule has 1 amide bonds. The lowest BCUT2D eigenvalue weighted by Crippen LogP contribution is -2.45. The highest BCUT2D eigenvalue weighted by Crippen LogP contribution is 2.33. The van der Waals surface area contributed by atoms with Gasteiger partial charge in [0.25, 0.3) is 0 Å². The first-order valence-electron chi connectivity index (χ1n) is 11.9. The second kappa shape index (κ2) is 11.2. The third-order valence-corrected chi connectivity index (χ3v) is 8.37. The number of ether oxygens (including phenoxy) is 1. The van der Waals surface area contributed by atoms with Crippen molar-refractivity contribution in [2.75, 3.05) is 19.0 Å². The predicted molar refractivity (Wildman–Crippen MR) is 132 cm³/mol. The van der Waals surface area contributed by atoms with Crippen LogP contribution in [0.3, 0.4) is 0 Å². The van der Waals surface area contributed by atoms with Crippen LogP contribution < -0.4 is 10.1 Å². The van der Waals surface area contributed by atoms with Gasteiger partial charge in [0, 0.05) is 11.7 Å². The topological polar surface area (TPSA) is 75.7 Å². The summed E-state index contributed by atoms with van der Waals surface area (Å²) in [5.74, 6) is -0.0159. The van der Waals surface area contributed by atoms with Gasteiger partial charge in [-0.25, -0.2) is 8.42 Å². The Balaban J connectivity index is 1.96. The van der Waals surface area contributed by atoms with Gasteiger partial charge in [-0.2, -0.15) is 4.31 Å². The van der Waals surface area contributed by atoms with Gasteiger partial charge in [-0.15, -0.1) is 0 Å². The maximum atomic E-state index is 13.9. The molecule has 7 heteroatoms. The highest BCUT2D eigenvalue weighted by molar-refractivity contribution is 7.89. The third-order valence-electron chi connectivity index (χ3n) is 6.45. The SMILES string of the molecule is CCc1cccc(CC)c1NC(=O)CN(C1CCCCC1)S(=O)(=O)c1cc(C)ccc1OC. The van der Waals surface area contributed by atoms with Crippen LogP contribution in [-0.2, 0) is 27.7 Å². The van der Waals surface area contributed by atoms with Crippen LogP contribution >= 0.6 is 0 Å². The van der Waals surface area contributed by atoms with Gasteiger partial charge in [-0.1, -0.05) is 57.4 Å². The van der Waals surface area contributed by atoms with Crippen LogP contribution in [0.1, 0.15) is 62.6 Å². The van der Waals surface area contributed by atoms with Gasteiger partial charge < -0.3 is 10.1 Å². The van der Waals surface area contributed by atoms with Gasteiger partial charge in [0.15, 0.2) is 0 Å². The molecule has 6 nitrogen and oxygen atoms in total. The molecule has 33 heavy (non-hydrogen) atoms. The van der Waals surface area contributed by atoms with Gasteiger partial charge in [0.05, 0.1) is 13.7 Å². The van der Waals surface area contributed by atoms with Crippen molar-refractivity contribution in [2.24, 2.45) is 0 Å². The van der Waals surface area contributed by atoms with E-state index in [2.05, 4.69) is 5.32 Å². The van der Waals surface area contributed by atoms with E-state index >= 15 is 0 Å². The molecule has 0 aromatic heterocycles. The predicted octanol–water partition coefficient (Wildman–Crippen LogP) is 5.09. The molecule has 0 saturated heterocycles. The normalized spacial score (nSPS) is 14.9. The Kier molecular flexibility index (Phi) is 8.54. The smallest absolute Gasteiger partial charge is 0.247 e. The number of para-hydroxylation sites is 1. The summed E-state index contributed by atoms with van der Waals surface area (Å²) in [7, 11) is -2.47. The molecule has 3 rings (SSSR count). The first-order valence-corrected chi connectivity index (χ1v) is 13.3. The first kappa shape index (κ1) is 25.2. The molecule has 0 unspecified atom stereocenters. The molecule has 0 atom stereocenters. The van der Waals surface area contributed by atoms with E-state index in [0.717, 1.165) is 67.3 Å². The van der Waals surface area contributed by atoms with Crippen molar-refractivity contribution in [3.63, 3.8) is 0 Å². The first-order chi connectivity index (χ1) is 15.8. The number of methoxy groups -OCH3 is 1. The lowest BCUT2D eigenvalue weighted by Gasteiger charge is -2.33. The molecule has 1 aliphatic rings. The van der Waals surface area contributed by atoms with Gasteiger partial charge in [-0.3, -0.25) is 4.79 Å². The van der Waals surface area contributed by atoms with E-state index in [1.54, 1.807) is 12.1 Å². The van der Waals surface area contributed by atoms with Crippen molar-refractivity contribution in [1.29, 1.82) is 0 Å². The number of amides is 1. The van der Waals surface area contributed by atoms with Gasteiger partial charge in [0.2, 0.25) is 15.9 Å². The number of carbonyl (C=O) groups excluding carboxylic acids is 1. The molecule has 2 aromatic carbocycles. The van der Waals surface area contributed by atoms with E-state index in [4.69, 9.17) is 4.74 Å². The van der Waals surface area contributed by atoms with Crippen LogP contribution in [0, 0.1) is 6.92 Å². The lowest BCUT2D eigenvalue weighted by molar-refractivity contribution is -0.116. The second-order valence-electron chi connectivity index (χ2n) is 8.70. The molecule has 0 radical (unpaired) electrons. The number of carbonyl (C=O) groups is 1. The minimum absolute atomic E-state index is 0.117. The van der Waals surface area contributed by atoms with Crippen LogP contribution in [0.15, 0.2) is 41.3 Å². The standard InChI is InChI=1S/C26H36N2O4S/c1-5-20-11-10-12-21(6-2)26(20)27-25(29)18-28(22-13-8-7-9-14-22)33(30,31)24-17-19(3)15-16-23(24)32-4/h10-12,15-17,22H,5-9,13-14,18H2,1-4H3,(H,27,29). The van der Waals surface area contributed by atoms with Crippen molar-refractivity contribution >= 4 is 21.6 Å². The van der Waals surface area contributed by atoms with Gasteiger partial charge >= 0.3 is 0 Å². The Morgan fingerprint density at radius 1 is 1.06 bits per heavy atom. The number of anilines is 1. The minimum atomic E-state index is -3.94. The summed E-state index contributed by atoms with van der Waals surface area (Å²) in [6.45, 7) is 5.73. The minimum Gasteiger partial charge on any atom is -0.495 e. The highest BCUT2D eigenvalue weighted by atomic mass is 32.2. The fraction of sp³-hybridized carbons (Fsp3) is 0.500. The van der Waals surface area contributed by atoms with Crippen LogP contribution in [0.2, 0.25) is 0 Å². The summed E-state index contributed by atoms with van der Waals surface area (Å²) in [5.41, 5.74) is 3.73. The molecule has 0 spiro atoms. The maximum Gasteiger partial charge on any atom is 0.247 e. The number of nitrogens with one attached hydrogen (secondary N) is 1. The monoisotopic (exact) mass is 472 g/mol. The Hall–Kier alpha value is -2.38. The summed E-state index contributed by atoms with van der Waals surface area (Å²) in [6, 6.07) is 10.9. The van der Waals surface area contributed by atoms with E-state index in [9.17, 15) is 13.2 Å². The van der Waals surface area contributed by atoms with Gasteiger partial charge in [0.1, 0.15) is 10.6 Å². The van der Waals surface area contributed by atoms with Crippen LogP contribution in [0.25, 0.3) is 0 Å². The van der Waals surface area contributed by atoms with Crippen molar-refractivity contribution in [3.05, 3.63) is 53.1 Å². The van der Waals surface area contributed by atoms with Crippen molar-refractivity contribution in [2.45, 2.75) is 76.7 Å². The molecule has 0 aliphatic heterocycles. The number of nitrogens with zero attached hydrogens (tertiary/aromatic N) is 1. The molecular formula is C26H36N2O4S. The summed E-state index contributed by atoms with van der Waals surface area (Å²) in [4.78, 5) is 13.4. The molecule has 0 bridgehead atoms. The molecule has 1 aliphatic carbocycles. The summed E-state index contributed by atoms with van der Waals surface area (Å²) in [6.07, 6.45) is 6.10. The van der Waals surface area contributed by atoms with E-state index in [-0.39, 0.29) is 23.4 Å². The fourth-order valence-corrected chi connectivity index (χ4v) is 6.50. The average molecular weight is 473 g/mol. The van der Waals surface area contributed by atoms with Crippen molar-refractivity contribution < 1.29 is 17.9 Å². The van der Waals surface area contributed by atoms with E-state index < -0.39 is 10.0 Å². The molecule has 1 saturated carbocycles. The molecule has 1 fully saturated rings. The fourth-order valence-electron chi connectivity index (χ4n) is 4.61. The molecule has 2 aromatic rings. The number of aryl methyl sites for hydroxylation is 3. The zero-order valence-corrected chi connectivity index (χ0v) is 21.0. The maximum absolute atomic E-state index is 13.9. The lowest BCUT2D eigenvalue weighted by atomic mass is 9.95. The van der Waals surface area contributed by atoms with Crippen LogP contribution in [-0.4, -0.2) is 38.3 Å². The number of rotatable bonds is 9. The van der Waals surface area contributed by atoms with Crippen molar-refractivity contribution in [1.82, 2.24) is 4.31 Å². The zero-order chi connectivity index (χ0) is 24.0. The average Bonchev–Trinajstić information content (AvgIpc) is 2.83. The second-order valence-corrected chi connectivity index (χ2v) is 10.6. The Morgan fingerprint density at radius 3 is 2.27 bits per heavy atom. The number of sulfonamides is 1. The number of hydrogen-bond donors (Lipinski definition) is 1. The zero-order valence-electron chi connectivity index (χ0n) is 20.2. The summed E-state index contributed by atoms with van der Waals surface area (Å²) >= 11 is 0. The van der Waals surface area contributed by atoms with E-state index in [0.29, 0.717) is 5.75 Å². The van der Waals surface area contributed by atoms with Crippen LogP contribution in [0.5, 0.6) is 5.75 Å². The molecule has 180 valence electrons. The summed E-state index contributed by atoms with van der Waals surface area (Å²) in [5, 5.41) is 3.04. The highest BCUT2D eigenvalue weighted by Gasteiger charge is 2.36. The number of benzene rings is 2. The third kappa shape index (κ3) is 5.76. The Morgan fingerprint density at radius 2 is 1.70 bits per heavy atom. The molecule has 1 N–H and O–H groups in total. The van der Waals surface area contributed by atoms with Gasteiger partial charge in [-0.05, 0) is 61.4 Å². The Bertz CT molecular complexity index is 1050. The van der Waals surface area contributed by atoms with Crippen molar-refractivity contribution in [3.8, 4) is 5.75 Å². The quantitative estimate of drug-likeness (QED) is 0.552. The molecular weight excluding hydrogens is 436 g/mol. The largest absolute Gasteiger partial charge is 0.495 e. The van der Waals surface area contributed by atoms with Crippen LogP contribution in [0.4, 0.5) is 5.69 Å². The summed E-state index contributed by atoms with van der Waals surface area (Å²) < 4.78 is 34.5. The van der Waals surface area contributed by atoms with E-state index in [1.807, 2.05) is 45.0 Å².